The lowest BCUT2D eigenvalue weighted by Crippen LogP contribution is -2.14. The monoisotopic (exact) mass is 361 g/mol. The van der Waals surface area contributed by atoms with Gasteiger partial charge in [-0.2, -0.15) is 0 Å². The van der Waals surface area contributed by atoms with Crippen molar-refractivity contribution in [3.8, 4) is 0 Å². The average Bonchev–Trinajstić information content (AvgIpc) is 2.76. The van der Waals surface area contributed by atoms with E-state index in [1.165, 1.54) is 35.2 Å². The third-order valence-electron chi connectivity index (χ3n) is 2.04. The lowest BCUT2D eigenvalue weighted by Gasteiger charge is -2.05. The number of nitrogens with zero attached hydrogens (tertiary/aromatic N) is 2. The topological polar surface area (TPSA) is 54.9 Å². The van der Waals surface area contributed by atoms with Crippen molar-refractivity contribution in [2.75, 3.05) is 11.1 Å². The molecule has 2 aromatic rings. The van der Waals surface area contributed by atoms with E-state index in [1.54, 1.807) is 6.07 Å². The van der Waals surface area contributed by atoms with Crippen LogP contribution in [0.15, 0.2) is 27.0 Å². The van der Waals surface area contributed by atoms with Gasteiger partial charge in [0.2, 0.25) is 5.91 Å². The molecule has 0 saturated carbocycles. The zero-order chi connectivity index (χ0) is 13.8. The number of nitrogens with one attached hydrogen (secondary N) is 1. The number of anilines is 1. The molecule has 0 aliphatic heterocycles. The molecule has 8 heteroatoms. The van der Waals surface area contributed by atoms with Crippen molar-refractivity contribution in [1.82, 2.24) is 10.2 Å². The third-order valence-corrected chi connectivity index (χ3v) is 4.50. The molecule has 0 atom stereocenters. The summed E-state index contributed by atoms with van der Waals surface area (Å²) in [6.07, 6.45) is 0. The number of benzene rings is 1. The maximum Gasteiger partial charge on any atom is 0.234 e. The fourth-order valence-electron chi connectivity index (χ4n) is 1.24. The number of halogens is 2. The summed E-state index contributed by atoms with van der Waals surface area (Å²) in [5, 5.41) is 11.1. The van der Waals surface area contributed by atoms with Crippen molar-refractivity contribution in [2.24, 2.45) is 0 Å². The number of hydrogen-bond donors (Lipinski definition) is 1. The van der Waals surface area contributed by atoms with Crippen LogP contribution in [0.5, 0.6) is 0 Å². The molecule has 2 rings (SSSR count). The van der Waals surface area contributed by atoms with Gasteiger partial charge in [-0.3, -0.25) is 4.79 Å². The number of thioether (sulfide) groups is 1. The third kappa shape index (κ3) is 4.26. The van der Waals surface area contributed by atoms with Crippen LogP contribution in [0.25, 0.3) is 0 Å². The van der Waals surface area contributed by atoms with Crippen LogP contribution < -0.4 is 5.32 Å². The molecule has 0 fully saturated rings. The molecule has 4 nitrogen and oxygen atoms in total. The van der Waals surface area contributed by atoms with Gasteiger partial charge in [-0.15, -0.1) is 10.2 Å². The van der Waals surface area contributed by atoms with E-state index in [0.29, 0.717) is 4.47 Å². The fourth-order valence-corrected chi connectivity index (χ4v) is 3.19. The van der Waals surface area contributed by atoms with E-state index < -0.39 is 5.82 Å². The van der Waals surface area contributed by atoms with Crippen molar-refractivity contribution in [3.05, 3.63) is 33.5 Å². The van der Waals surface area contributed by atoms with Gasteiger partial charge in [0.1, 0.15) is 10.8 Å². The average molecular weight is 362 g/mol. The van der Waals surface area contributed by atoms with Crippen molar-refractivity contribution in [3.63, 3.8) is 0 Å². The second-order valence-corrected chi connectivity index (χ2v) is 6.87. The number of amides is 1. The Morgan fingerprint density at radius 3 is 2.95 bits per heavy atom. The zero-order valence-electron chi connectivity index (χ0n) is 9.81. The quantitative estimate of drug-likeness (QED) is 0.847. The van der Waals surface area contributed by atoms with Crippen LogP contribution in [0.2, 0.25) is 0 Å². The van der Waals surface area contributed by atoms with Gasteiger partial charge >= 0.3 is 0 Å². The van der Waals surface area contributed by atoms with Crippen LogP contribution in [0.4, 0.5) is 10.1 Å². The lowest BCUT2D eigenvalue weighted by molar-refractivity contribution is -0.113. The van der Waals surface area contributed by atoms with Gasteiger partial charge < -0.3 is 5.32 Å². The molecule has 0 saturated heterocycles. The SMILES string of the molecule is Cc1nnc(SCC(=O)Nc2ccc(Br)cc2F)s1. The molecule has 19 heavy (non-hydrogen) atoms. The summed E-state index contributed by atoms with van der Waals surface area (Å²) >= 11 is 5.86. The Hall–Kier alpha value is -0.990. The fraction of sp³-hybridized carbons (Fsp3) is 0.182. The minimum absolute atomic E-state index is 0.169. The van der Waals surface area contributed by atoms with E-state index in [9.17, 15) is 9.18 Å². The summed E-state index contributed by atoms with van der Waals surface area (Å²) in [6, 6.07) is 4.48. The Balaban J connectivity index is 1.90. The first-order valence-corrected chi connectivity index (χ1v) is 7.82. The van der Waals surface area contributed by atoms with Crippen molar-refractivity contribution < 1.29 is 9.18 Å². The van der Waals surface area contributed by atoms with Gasteiger partial charge in [0.25, 0.3) is 0 Å². The number of aromatic nitrogens is 2. The molecule has 0 aliphatic carbocycles. The van der Waals surface area contributed by atoms with Gasteiger partial charge in [0, 0.05) is 4.47 Å². The predicted octanol–water partition coefficient (Wildman–Crippen LogP) is 3.48. The van der Waals surface area contributed by atoms with Gasteiger partial charge in [0.15, 0.2) is 4.34 Å². The molecule has 1 aromatic carbocycles. The van der Waals surface area contributed by atoms with Crippen LogP contribution in [-0.4, -0.2) is 21.9 Å². The summed E-state index contributed by atoms with van der Waals surface area (Å²) in [6.45, 7) is 1.85. The minimum Gasteiger partial charge on any atom is -0.323 e. The largest absolute Gasteiger partial charge is 0.323 e. The lowest BCUT2D eigenvalue weighted by atomic mass is 10.3. The van der Waals surface area contributed by atoms with Gasteiger partial charge in [0.05, 0.1) is 11.4 Å². The second-order valence-electron chi connectivity index (χ2n) is 3.55. The standard InChI is InChI=1S/C11H9BrFN3OS2/c1-6-15-16-11(19-6)18-5-10(17)14-9-3-2-7(12)4-8(9)13/h2-4H,5H2,1H3,(H,14,17). The Bertz CT molecular complexity index is 605. The van der Waals surface area contributed by atoms with Crippen molar-refractivity contribution in [1.29, 1.82) is 0 Å². The van der Waals surface area contributed by atoms with Crippen LogP contribution in [0.3, 0.4) is 0 Å². The molecule has 0 unspecified atom stereocenters. The van der Waals surface area contributed by atoms with E-state index in [2.05, 4.69) is 31.4 Å². The first-order chi connectivity index (χ1) is 9.04. The molecular weight excluding hydrogens is 353 g/mol. The van der Waals surface area contributed by atoms with Gasteiger partial charge in [-0.1, -0.05) is 39.0 Å². The summed E-state index contributed by atoms with van der Waals surface area (Å²) in [4.78, 5) is 11.7. The van der Waals surface area contributed by atoms with E-state index in [4.69, 9.17) is 0 Å². The Kier molecular flexibility index (Phi) is 4.89. The number of carbonyl (C=O) groups excluding carboxylic acids is 1. The van der Waals surface area contributed by atoms with E-state index in [-0.39, 0.29) is 17.3 Å². The molecule has 0 aliphatic rings. The molecular formula is C11H9BrFN3OS2. The number of rotatable bonds is 4. The number of carbonyl (C=O) groups is 1. The zero-order valence-corrected chi connectivity index (χ0v) is 13.0. The highest BCUT2D eigenvalue weighted by molar-refractivity contribution is 9.10. The van der Waals surface area contributed by atoms with Crippen molar-refractivity contribution in [2.45, 2.75) is 11.3 Å². The smallest absolute Gasteiger partial charge is 0.234 e. The van der Waals surface area contributed by atoms with Crippen molar-refractivity contribution >= 4 is 50.6 Å². The molecule has 0 spiro atoms. The Labute approximate surface area is 125 Å². The Morgan fingerprint density at radius 2 is 2.32 bits per heavy atom. The Morgan fingerprint density at radius 1 is 1.53 bits per heavy atom. The maximum absolute atomic E-state index is 13.5. The molecule has 1 N–H and O–H groups in total. The van der Waals surface area contributed by atoms with Crippen LogP contribution in [-0.2, 0) is 4.79 Å². The van der Waals surface area contributed by atoms with Gasteiger partial charge in [-0.25, -0.2) is 4.39 Å². The van der Waals surface area contributed by atoms with E-state index in [1.807, 2.05) is 6.92 Å². The summed E-state index contributed by atoms with van der Waals surface area (Å²) in [5.74, 6) is -0.581. The highest BCUT2D eigenvalue weighted by Crippen LogP contribution is 2.23. The van der Waals surface area contributed by atoms with E-state index >= 15 is 0 Å². The number of aryl methyl sites for hydroxylation is 1. The summed E-state index contributed by atoms with van der Waals surface area (Å²) < 4.78 is 14.9. The van der Waals surface area contributed by atoms with E-state index in [0.717, 1.165) is 9.35 Å². The summed E-state index contributed by atoms with van der Waals surface area (Å²) in [7, 11) is 0. The molecule has 100 valence electrons. The second kappa shape index (κ2) is 6.44. The van der Waals surface area contributed by atoms with Crippen LogP contribution >= 0.6 is 39.0 Å². The summed E-state index contributed by atoms with van der Waals surface area (Å²) in [5.41, 5.74) is 0.169. The minimum atomic E-state index is -0.473. The molecule has 1 amide bonds. The molecule has 1 heterocycles. The normalized spacial score (nSPS) is 10.5. The maximum atomic E-state index is 13.5. The molecule has 0 bridgehead atoms. The highest BCUT2D eigenvalue weighted by Gasteiger charge is 2.09. The van der Waals surface area contributed by atoms with Crippen LogP contribution in [0.1, 0.15) is 5.01 Å². The molecule has 0 radical (unpaired) electrons. The first-order valence-electron chi connectivity index (χ1n) is 5.22. The highest BCUT2D eigenvalue weighted by atomic mass is 79.9. The van der Waals surface area contributed by atoms with Gasteiger partial charge in [-0.05, 0) is 25.1 Å². The number of hydrogen-bond acceptors (Lipinski definition) is 5. The van der Waals surface area contributed by atoms with Crippen LogP contribution in [0, 0.1) is 12.7 Å². The molecule has 1 aromatic heterocycles. The first kappa shape index (κ1) is 14.4. The predicted molar refractivity (Wildman–Crippen MR) is 78.1 cm³/mol.